The van der Waals surface area contributed by atoms with Gasteiger partial charge in [-0.2, -0.15) is 0 Å². The Labute approximate surface area is 173 Å². The summed E-state index contributed by atoms with van der Waals surface area (Å²) in [6.07, 6.45) is -0.834. The van der Waals surface area contributed by atoms with Crippen molar-refractivity contribution in [3.8, 4) is 0 Å². The molecule has 1 saturated heterocycles. The Morgan fingerprint density at radius 2 is 1.73 bits per heavy atom. The average molecular weight is 410 g/mol. The Morgan fingerprint density at radius 3 is 2.30 bits per heavy atom. The van der Waals surface area contributed by atoms with E-state index < -0.39 is 17.9 Å². The minimum Gasteiger partial charge on any atom is -0.451 e. The zero-order valence-electron chi connectivity index (χ0n) is 17.2. The predicted molar refractivity (Wildman–Crippen MR) is 108 cm³/mol. The fourth-order valence-electron chi connectivity index (χ4n) is 3.65. The first-order valence-corrected chi connectivity index (χ1v) is 9.53. The number of carbonyl (C=O) groups excluding carboxylic acids is 5. The van der Waals surface area contributed by atoms with Gasteiger partial charge in [0, 0.05) is 24.1 Å². The molecule has 2 amide bonds. The van der Waals surface area contributed by atoms with Crippen molar-refractivity contribution in [2.75, 3.05) is 4.90 Å². The highest BCUT2D eigenvalue weighted by Gasteiger charge is 2.31. The van der Waals surface area contributed by atoms with Crippen molar-refractivity contribution in [3.05, 3.63) is 52.3 Å². The van der Waals surface area contributed by atoms with Gasteiger partial charge in [-0.25, -0.2) is 4.79 Å². The number of nitrogens with zero attached hydrogens (tertiary/aromatic N) is 1. The lowest BCUT2D eigenvalue weighted by atomic mass is 10.0. The highest BCUT2D eigenvalue weighted by Crippen LogP contribution is 2.24. The number of carbonyl (C=O) groups is 5. The first kappa shape index (κ1) is 21.2. The van der Waals surface area contributed by atoms with Gasteiger partial charge >= 0.3 is 5.97 Å². The van der Waals surface area contributed by atoms with Crippen molar-refractivity contribution in [2.24, 2.45) is 0 Å². The average Bonchev–Trinajstić information content (AvgIpc) is 3.18. The molecule has 2 aromatic rings. The number of imide groups is 1. The van der Waals surface area contributed by atoms with Crippen LogP contribution in [0.3, 0.4) is 0 Å². The molecular weight excluding hydrogens is 388 g/mol. The van der Waals surface area contributed by atoms with Gasteiger partial charge in [0.25, 0.3) is 0 Å². The Balaban J connectivity index is 1.78. The number of esters is 1. The summed E-state index contributed by atoms with van der Waals surface area (Å²) in [6, 6.07) is 5.96. The second-order valence-electron chi connectivity index (χ2n) is 7.27. The first-order valence-electron chi connectivity index (χ1n) is 9.53. The lowest BCUT2D eigenvalue weighted by Crippen LogP contribution is -2.29. The molecule has 1 aliphatic heterocycles. The fourth-order valence-corrected chi connectivity index (χ4v) is 3.65. The number of amides is 2. The van der Waals surface area contributed by atoms with E-state index in [0.717, 1.165) is 4.90 Å². The second kappa shape index (κ2) is 8.06. The summed E-state index contributed by atoms with van der Waals surface area (Å²) < 4.78 is 5.31. The van der Waals surface area contributed by atoms with Gasteiger partial charge in [-0.05, 0) is 51.5 Å². The number of anilines is 1. The topological polar surface area (TPSA) is 114 Å². The molecule has 30 heavy (non-hydrogen) atoms. The molecular formula is C22H22N2O6. The highest BCUT2D eigenvalue weighted by molar-refractivity contribution is 6.20. The maximum atomic E-state index is 12.8. The van der Waals surface area contributed by atoms with Crippen molar-refractivity contribution < 1.29 is 28.7 Å². The number of nitrogens with one attached hydrogen (secondary N) is 1. The third-order valence-electron chi connectivity index (χ3n) is 5.08. The lowest BCUT2D eigenvalue weighted by Gasteiger charge is -2.16. The molecule has 8 heteroatoms. The summed E-state index contributed by atoms with van der Waals surface area (Å²) >= 11 is 0. The Morgan fingerprint density at radius 1 is 1.10 bits per heavy atom. The number of H-pyrrole nitrogens is 1. The number of benzene rings is 1. The van der Waals surface area contributed by atoms with E-state index in [9.17, 15) is 24.0 Å². The van der Waals surface area contributed by atoms with Crippen LogP contribution < -0.4 is 4.90 Å². The number of ketones is 2. The number of rotatable bonds is 6. The Bertz CT molecular complexity index is 1070. The Hall–Kier alpha value is -3.55. The molecule has 8 nitrogen and oxygen atoms in total. The largest absolute Gasteiger partial charge is 0.451 e. The molecule has 3 rings (SSSR count). The lowest BCUT2D eigenvalue weighted by molar-refractivity contribution is -0.121. The maximum absolute atomic E-state index is 12.8. The number of Topliss-reactive ketones (excluding diaryl/α,β-unsaturated/α-hetero) is 2. The third kappa shape index (κ3) is 3.80. The van der Waals surface area contributed by atoms with Crippen LogP contribution in [0, 0.1) is 13.8 Å². The van der Waals surface area contributed by atoms with Crippen LogP contribution in [0.4, 0.5) is 5.69 Å². The SMILES string of the molecule is CC(=O)c1c(C)[nH]c(C(=O)[C@@H](C)OC(=O)c2cccc(N3C(=O)CCC3=O)c2)c1C. The molecule has 1 aromatic carbocycles. The van der Waals surface area contributed by atoms with E-state index in [1.807, 2.05) is 0 Å². The number of hydrogen-bond donors (Lipinski definition) is 1. The first-order chi connectivity index (χ1) is 14.1. The van der Waals surface area contributed by atoms with Crippen LogP contribution in [-0.2, 0) is 14.3 Å². The second-order valence-corrected chi connectivity index (χ2v) is 7.27. The van der Waals surface area contributed by atoms with E-state index in [0.29, 0.717) is 16.8 Å². The molecule has 0 radical (unpaired) electrons. The van der Waals surface area contributed by atoms with Crippen molar-refractivity contribution in [2.45, 2.75) is 46.6 Å². The molecule has 0 bridgehead atoms. The summed E-state index contributed by atoms with van der Waals surface area (Å²) in [7, 11) is 0. The quantitative estimate of drug-likeness (QED) is 0.445. The van der Waals surface area contributed by atoms with E-state index >= 15 is 0 Å². The van der Waals surface area contributed by atoms with E-state index in [2.05, 4.69) is 4.98 Å². The summed E-state index contributed by atoms with van der Waals surface area (Å²) in [5.74, 6) is -2.03. The van der Waals surface area contributed by atoms with Gasteiger partial charge in [-0.15, -0.1) is 0 Å². The summed E-state index contributed by atoms with van der Waals surface area (Å²) in [5.41, 5.74) is 2.17. The smallest absolute Gasteiger partial charge is 0.338 e. The van der Waals surface area contributed by atoms with E-state index in [4.69, 9.17) is 4.74 Å². The summed E-state index contributed by atoms with van der Waals surface area (Å²) in [4.78, 5) is 64.9. The van der Waals surface area contributed by atoms with Gasteiger partial charge in [0.15, 0.2) is 11.9 Å². The number of ether oxygens (including phenoxy) is 1. The van der Waals surface area contributed by atoms with Crippen molar-refractivity contribution in [1.82, 2.24) is 4.98 Å². The fraction of sp³-hybridized carbons (Fsp3) is 0.318. The Kier molecular flexibility index (Phi) is 5.69. The van der Waals surface area contributed by atoms with Crippen LogP contribution in [0.15, 0.2) is 24.3 Å². The molecule has 1 N–H and O–H groups in total. The number of hydrogen-bond acceptors (Lipinski definition) is 6. The zero-order chi connectivity index (χ0) is 22.2. The molecule has 1 aromatic heterocycles. The van der Waals surface area contributed by atoms with Gasteiger partial charge < -0.3 is 9.72 Å². The van der Waals surface area contributed by atoms with Crippen LogP contribution in [0.25, 0.3) is 0 Å². The molecule has 156 valence electrons. The van der Waals surface area contributed by atoms with Gasteiger partial charge in [-0.1, -0.05) is 6.07 Å². The monoisotopic (exact) mass is 410 g/mol. The molecule has 0 aliphatic carbocycles. The van der Waals surface area contributed by atoms with Crippen LogP contribution in [0.2, 0.25) is 0 Å². The van der Waals surface area contributed by atoms with Crippen molar-refractivity contribution in [1.29, 1.82) is 0 Å². The molecule has 1 atom stereocenters. The summed E-state index contributed by atoms with van der Waals surface area (Å²) in [5, 5.41) is 0. The van der Waals surface area contributed by atoms with E-state index in [1.165, 1.54) is 32.0 Å². The minimum absolute atomic E-state index is 0.114. The standard InChI is InChI=1S/C22H22N2O6/c1-11-19(13(3)25)12(2)23-20(11)21(28)14(4)30-22(29)15-6-5-7-16(10-15)24-17(26)8-9-18(24)27/h5-7,10,14,23H,8-9H2,1-4H3/t14-/m1/s1. The summed E-state index contributed by atoms with van der Waals surface area (Å²) in [6.45, 7) is 6.23. The van der Waals surface area contributed by atoms with E-state index in [-0.39, 0.29) is 47.4 Å². The van der Waals surface area contributed by atoms with Crippen molar-refractivity contribution >= 4 is 35.0 Å². The minimum atomic E-state index is -1.10. The van der Waals surface area contributed by atoms with Crippen LogP contribution in [0.5, 0.6) is 0 Å². The van der Waals surface area contributed by atoms with Crippen LogP contribution in [0.1, 0.15) is 69.2 Å². The van der Waals surface area contributed by atoms with Gasteiger partial charge in [-0.3, -0.25) is 24.1 Å². The van der Waals surface area contributed by atoms with Crippen LogP contribution >= 0.6 is 0 Å². The normalized spacial score (nSPS) is 14.7. The molecule has 0 saturated carbocycles. The van der Waals surface area contributed by atoms with E-state index in [1.54, 1.807) is 19.9 Å². The number of aryl methyl sites for hydroxylation is 1. The highest BCUT2D eigenvalue weighted by atomic mass is 16.5. The maximum Gasteiger partial charge on any atom is 0.338 e. The number of aromatic amines is 1. The zero-order valence-corrected chi connectivity index (χ0v) is 17.2. The molecule has 0 unspecified atom stereocenters. The molecule has 0 spiro atoms. The van der Waals surface area contributed by atoms with Gasteiger partial charge in [0.1, 0.15) is 0 Å². The molecule has 1 fully saturated rings. The number of aromatic nitrogens is 1. The third-order valence-corrected chi connectivity index (χ3v) is 5.08. The van der Waals surface area contributed by atoms with Crippen molar-refractivity contribution in [3.63, 3.8) is 0 Å². The predicted octanol–water partition coefficient (Wildman–Crippen LogP) is 2.92. The molecule has 1 aliphatic rings. The molecule has 2 heterocycles. The van der Waals surface area contributed by atoms with Gasteiger partial charge in [0.2, 0.25) is 17.6 Å². The van der Waals surface area contributed by atoms with Crippen LogP contribution in [-0.4, -0.2) is 40.4 Å². The van der Waals surface area contributed by atoms with Gasteiger partial charge in [0.05, 0.1) is 16.9 Å².